The summed E-state index contributed by atoms with van der Waals surface area (Å²) in [6, 6.07) is 0. The van der Waals surface area contributed by atoms with Gasteiger partial charge in [-0.3, -0.25) is 0 Å². The third-order valence-electron chi connectivity index (χ3n) is 6.88. The second-order valence-electron chi connectivity index (χ2n) is 8.01. The number of hydrogen-bond acceptors (Lipinski definition) is 0. The molecule has 0 atom stereocenters. The van der Waals surface area contributed by atoms with E-state index in [4.69, 9.17) is 0 Å². The third kappa shape index (κ3) is 4.01. The Kier molecular flexibility index (Phi) is 6.43. The third-order valence-corrected chi connectivity index (χ3v) is 6.88. The van der Waals surface area contributed by atoms with Crippen molar-refractivity contribution in [2.75, 3.05) is 0 Å². The van der Waals surface area contributed by atoms with Crippen LogP contribution in [0.15, 0.2) is 0 Å². The van der Waals surface area contributed by atoms with Crippen LogP contribution in [0.2, 0.25) is 0 Å². The predicted molar refractivity (Wildman–Crippen MR) is 89.9 cm³/mol. The summed E-state index contributed by atoms with van der Waals surface area (Å²) in [5.74, 6) is 3.27. The Morgan fingerprint density at radius 1 is 0.750 bits per heavy atom. The van der Waals surface area contributed by atoms with Gasteiger partial charge in [0.1, 0.15) is 0 Å². The van der Waals surface area contributed by atoms with Gasteiger partial charge in [0.2, 0.25) is 0 Å². The molecule has 0 aromatic carbocycles. The molecule has 0 saturated heterocycles. The molecule has 0 amide bonds. The van der Waals surface area contributed by atoms with Crippen LogP contribution in [-0.4, -0.2) is 0 Å². The smallest absolute Gasteiger partial charge is 0.0300 e. The van der Waals surface area contributed by atoms with E-state index in [-0.39, 0.29) is 0 Å². The summed E-state index contributed by atoms with van der Waals surface area (Å²) in [6.45, 7) is 7.16. The molecule has 118 valence electrons. The molecule has 20 heavy (non-hydrogen) atoms. The molecule has 0 unspecified atom stereocenters. The van der Waals surface area contributed by atoms with Gasteiger partial charge in [-0.25, -0.2) is 0 Å². The van der Waals surface area contributed by atoms with Gasteiger partial charge in [0.05, 0.1) is 0 Å². The van der Waals surface area contributed by atoms with Crippen LogP contribution in [0.3, 0.4) is 0 Å². The maximum absolute atomic E-state index is 2.44. The molecule has 2 aliphatic carbocycles. The highest BCUT2D eigenvalue weighted by molar-refractivity contribution is 4.88. The number of hydrogen-bond donors (Lipinski definition) is 0. The van der Waals surface area contributed by atoms with Crippen LogP contribution < -0.4 is 0 Å². The van der Waals surface area contributed by atoms with Crippen molar-refractivity contribution < 1.29 is 0 Å². The van der Waals surface area contributed by atoms with E-state index < -0.39 is 0 Å². The lowest BCUT2D eigenvalue weighted by Gasteiger charge is -2.43. The van der Waals surface area contributed by atoms with Crippen molar-refractivity contribution in [3.05, 3.63) is 0 Å². The molecule has 0 aromatic heterocycles. The van der Waals surface area contributed by atoms with Gasteiger partial charge in [0.15, 0.2) is 0 Å². The molecule has 0 N–H and O–H groups in total. The summed E-state index contributed by atoms with van der Waals surface area (Å²) in [6.07, 6.45) is 19.6. The van der Waals surface area contributed by atoms with Crippen molar-refractivity contribution in [3.63, 3.8) is 0 Å². The molecule has 0 heteroatoms. The molecule has 2 aliphatic rings. The van der Waals surface area contributed by atoms with Crippen LogP contribution in [0, 0.1) is 23.2 Å². The van der Waals surface area contributed by atoms with Crippen molar-refractivity contribution >= 4 is 0 Å². The summed E-state index contributed by atoms with van der Waals surface area (Å²) in [5, 5.41) is 0. The molecule has 0 heterocycles. The minimum Gasteiger partial charge on any atom is -0.0654 e. The maximum Gasteiger partial charge on any atom is -0.0300 e. The summed E-state index contributed by atoms with van der Waals surface area (Å²) >= 11 is 0. The van der Waals surface area contributed by atoms with Crippen molar-refractivity contribution in [3.8, 4) is 0 Å². The zero-order valence-electron chi connectivity index (χ0n) is 14.4. The van der Waals surface area contributed by atoms with E-state index in [1.807, 2.05) is 0 Å². The Morgan fingerprint density at radius 3 is 1.85 bits per heavy atom. The summed E-state index contributed by atoms with van der Waals surface area (Å²) in [7, 11) is 0. The van der Waals surface area contributed by atoms with Gasteiger partial charge >= 0.3 is 0 Å². The topological polar surface area (TPSA) is 0 Å². The average Bonchev–Trinajstić information content (AvgIpc) is 2.50. The van der Waals surface area contributed by atoms with Gasteiger partial charge in [0.25, 0.3) is 0 Å². The van der Waals surface area contributed by atoms with Gasteiger partial charge in [-0.05, 0) is 68.1 Å². The summed E-state index contributed by atoms with van der Waals surface area (Å²) in [5.41, 5.74) is 0.741. The predicted octanol–water partition coefficient (Wildman–Crippen LogP) is 6.98. The number of rotatable bonds is 6. The van der Waals surface area contributed by atoms with Crippen molar-refractivity contribution in [1.29, 1.82) is 0 Å². The molecule has 0 aliphatic heterocycles. The Labute approximate surface area is 128 Å². The van der Waals surface area contributed by atoms with Crippen LogP contribution in [0.1, 0.15) is 104 Å². The molecule has 0 bridgehead atoms. The first-order valence-corrected chi connectivity index (χ1v) is 9.73. The average molecular weight is 279 g/mol. The molecular formula is C20H38. The van der Waals surface area contributed by atoms with Crippen LogP contribution in [0.4, 0.5) is 0 Å². The molecule has 0 nitrogen and oxygen atoms in total. The Hall–Kier alpha value is 0. The fourth-order valence-electron chi connectivity index (χ4n) is 5.39. The Balaban J connectivity index is 1.77. The maximum atomic E-state index is 2.44. The van der Waals surface area contributed by atoms with Crippen molar-refractivity contribution in [2.24, 2.45) is 23.2 Å². The van der Waals surface area contributed by atoms with Crippen LogP contribution in [0.25, 0.3) is 0 Å². The SMILES string of the molecule is CCCC1CCC([C@H]2CC[C@](CC)(CCC)CC2)CC1. The highest BCUT2D eigenvalue weighted by Crippen LogP contribution is 2.49. The quantitative estimate of drug-likeness (QED) is 0.491. The molecule has 2 rings (SSSR count). The minimum atomic E-state index is 0.741. The standard InChI is InChI=1S/C20H38/c1-4-7-17-8-10-18(11-9-17)19-12-15-20(6-3,14-5-2)16-13-19/h17-19H,4-16H2,1-3H3/t17?,18?,19-,20-. The Morgan fingerprint density at radius 2 is 1.35 bits per heavy atom. The van der Waals surface area contributed by atoms with E-state index in [2.05, 4.69) is 20.8 Å². The van der Waals surface area contributed by atoms with Gasteiger partial charge in [-0.2, -0.15) is 0 Å². The highest BCUT2D eigenvalue weighted by Gasteiger charge is 2.36. The summed E-state index contributed by atoms with van der Waals surface area (Å²) in [4.78, 5) is 0. The summed E-state index contributed by atoms with van der Waals surface area (Å²) < 4.78 is 0. The molecule has 0 aromatic rings. The van der Waals surface area contributed by atoms with E-state index in [9.17, 15) is 0 Å². The monoisotopic (exact) mass is 278 g/mol. The van der Waals surface area contributed by atoms with E-state index in [0.29, 0.717) is 0 Å². The van der Waals surface area contributed by atoms with Gasteiger partial charge in [-0.15, -0.1) is 0 Å². The fourth-order valence-corrected chi connectivity index (χ4v) is 5.39. The fraction of sp³-hybridized carbons (Fsp3) is 1.00. The van der Waals surface area contributed by atoms with E-state index in [1.54, 1.807) is 38.5 Å². The van der Waals surface area contributed by atoms with Crippen LogP contribution >= 0.6 is 0 Å². The Bertz CT molecular complexity index is 251. The largest absolute Gasteiger partial charge is 0.0654 e. The van der Waals surface area contributed by atoms with E-state index >= 15 is 0 Å². The lowest BCUT2D eigenvalue weighted by molar-refractivity contribution is 0.0814. The molecule has 2 saturated carbocycles. The van der Waals surface area contributed by atoms with Crippen LogP contribution in [-0.2, 0) is 0 Å². The molecule has 0 radical (unpaired) electrons. The van der Waals surface area contributed by atoms with Gasteiger partial charge in [-0.1, -0.05) is 59.3 Å². The zero-order chi connectivity index (χ0) is 14.4. The normalized spacial score (nSPS) is 38.9. The van der Waals surface area contributed by atoms with E-state index in [0.717, 1.165) is 23.2 Å². The highest BCUT2D eigenvalue weighted by atomic mass is 14.4. The van der Waals surface area contributed by atoms with Crippen molar-refractivity contribution in [2.45, 2.75) is 104 Å². The molecule has 2 fully saturated rings. The lowest BCUT2D eigenvalue weighted by atomic mass is 9.62. The zero-order valence-corrected chi connectivity index (χ0v) is 14.4. The first-order valence-electron chi connectivity index (χ1n) is 9.73. The first-order chi connectivity index (χ1) is 9.73. The van der Waals surface area contributed by atoms with Gasteiger partial charge < -0.3 is 0 Å². The lowest BCUT2D eigenvalue weighted by Crippen LogP contribution is -2.31. The minimum absolute atomic E-state index is 0.741. The van der Waals surface area contributed by atoms with Crippen LogP contribution in [0.5, 0.6) is 0 Å². The van der Waals surface area contributed by atoms with Gasteiger partial charge in [0, 0.05) is 0 Å². The first kappa shape index (κ1) is 16.4. The molecule has 0 spiro atoms. The second kappa shape index (κ2) is 7.85. The molecular weight excluding hydrogens is 240 g/mol. The van der Waals surface area contributed by atoms with Crippen molar-refractivity contribution in [1.82, 2.24) is 0 Å². The second-order valence-corrected chi connectivity index (χ2v) is 8.01. The van der Waals surface area contributed by atoms with E-state index in [1.165, 1.54) is 44.9 Å².